The lowest BCUT2D eigenvalue weighted by molar-refractivity contribution is 0.670. The first-order valence-corrected chi connectivity index (χ1v) is 21.3. The number of furan rings is 1. The molecule has 0 aliphatic rings. The molecule has 0 aliphatic carbocycles. The number of hydrogen-bond acceptors (Lipinski definition) is 2. The van der Waals surface area contributed by atoms with E-state index < -0.39 is 0 Å². The Labute approximate surface area is 360 Å². The summed E-state index contributed by atoms with van der Waals surface area (Å²) in [6.45, 7) is 0. The highest BCUT2D eigenvalue weighted by atomic mass is 16.3. The summed E-state index contributed by atoms with van der Waals surface area (Å²) in [5, 5.41) is 9.66. The topological polar surface area (TPSA) is 16.4 Å². The minimum atomic E-state index is 0.902. The van der Waals surface area contributed by atoms with Gasteiger partial charge in [-0.05, 0) is 114 Å². The summed E-state index contributed by atoms with van der Waals surface area (Å²) in [4.78, 5) is 2.39. The van der Waals surface area contributed by atoms with E-state index in [1.165, 1.54) is 65.7 Å². The van der Waals surface area contributed by atoms with Crippen LogP contribution in [0.4, 0.5) is 17.1 Å². The van der Waals surface area contributed by atoms with Crippen molar-refractivity contribution >= 4 is 71.3 Å². The third kappa shape index (κ3) is 5.96. The molecular weight excluding hydrogens is 751 g/mol. The minimum absolute atomic E-state index is 0.902. The quantitative estimate of drug-likeness (QED) is 0.150. The molecule has 11 aromatic carbocycles. The molecule has 0 saturated heterocycles. The van der Waals surface area contributed by atoms with Gasteiger partial charge in [0, 0.05) is 33.4 Å². The Morgan fingerprint density at radius 2 is 0.758 bits per heavy atom. The Bertz CT molecular complexity index is 3600. The number of benzene rings is 11. The van der Waals surface area contributed by atoms with E-state index in [0.29, 0.717) is 0 Å². The van der Waals surface area contributed by atoms with Crippen molar-refractivity contribution in [1.82, 2.24) is 0 Å². The standard InChI is InChI=1S/C60H39NO/c1-3-16-43(17-4-1)58-54-24-10-9-22-51(54)52-38-37-47(39-56(52)59(58)44-18-5-2-6-19-44)61(45-33-29-41(30-34-45)49-25-13-20-40-15-7-8-21-48(40)49)46-35-31-42(32-36-46)50-26-14-27-55-53-23-11-12-28-57(53)62-60(50)55/h1-39H. The first-order chi connectivity index (χ1) is 30.8. The summed E-state index contributed by atoms with van der Waals surface area (Å²) in [6.07, 6.45) is 0. The third-order valence-corrected chi connectivity index (χ3v) is 12.5. The molecule has 1 heterocycles. The Balaban J connectivity index is 1.07. The van der Waals surface area contributed by atoms with Crippen LogP contribution in [0.1, 0.15) is 0 Å². The van der Waals surface area contributed by atoms with Gasteiger partial charge in [0.15, 0.2) is 0 Å². The second-order valence-corrected chi connectivity index (χ2v) is 16.0. The molecule has 290 valence electrons. The van der Waals surface area contributed by atoms with Crippen molar-refractivity contribution < 1.29 is 4.42 Å². The van der Waals surface area contributed by atoms with Gasteiger partial charge in [-0.15, -0.1) is 0 Å². The van der Waals surface area contributed by atoms with E-state index in [-0.39, 0.29) is 0 Å². The third-order valence-electron chi connectivity index (χ3n) is 12.5. The molecule has 0 unspecified atom stereocenters. The van der Waals surface area contributed by atoms with Crippen molar-refractivity contribution in [3.05, 3.63) is 237 Å². The van der Waals surface area contributed by atoms with Crippen LogP contribution in [0.3, 0.4) is 0 Å². The van der Waals surface area contributed by atoms with Gasteiger partial charge in [0.1, 0.15) is 11.2 Å². The van der Waals surface area contributed by atoms with Gasteiger partial charge < -0.3 is 9.32 Å². The van der Waals surface area contributed by atoms with Gasteiger partial charge in [-0.25, -0.2) is 0 Å². The average molecular weight is 790 g/mol. The zero-order chi connectivity index (χ0) is 41.0. The zero-order valence-corrected chi connectivity index (χ0v) is 33.9. The van der Waals surface area contributed by atoms with Crippen molar-refractivity contribution in [3.8, 4) is 44.5 Å². The van der Waals surface area contributed by atoms with Gasteiger partial charge in [-0.1, -0.05) is 194 Å². The first kappa shape index (κ1) is 35.7. The van der Waals surface area contributed by atoms with Gasteiger partial charge in [-0.3, -0.25) is 0 Å². The summed E-state index contributed by atoms with van der Waals surface area (Å²) in [7, 11) is 0. The lowest BCUT2D eigenvalue weighted by Gasteiger charge is -2.27. The number of rotatable bonds is 7. The van der Waals surface area contributed by atoms with Crippen LogP contribution in [0.2, 0.25) is 0 Å². The maximum Gasteiger partial charge on any atom is 0.143 e. The number of para-hydroxylation sites is 2. The fourth-order valence-corrected chi connectivity index (χ4v) is 9.61. The van der Waals surface area contributed by atoms with E-state index in [1.807, 2.05) is 12.1 Å². The van der Waals surface area contributed by atoms with E-state index >= 15 is 0 Å². The molecule has 12 aromatic rings. The molecule has 62 heavy (non-hydrogen) atoms. The van der Waals surface area contributed by atoms with E-state index in [4.69, 9.17) is 4.42 Å². The zero-order valence-electron chi connectivity index (χ0n) is 33.9. The van der Waals surface area contributed by atoms with Crippen molar-refractivity contribution in [3.63, 3.8) is 0 Å². The molecule has 0 radical (unpaired) electrons. The Hall–Kier alpha value is -8.20. The molecule has 2 nitrogen and oxygen atoms in total. The van der Waals surface area contributed by atoms with Crippen LogP contribution in [-0.4, -0.2) is 0 Å². The van der Waals surface area contributed by atoms with Crippen LogP contribution >= 0.6 is 0 Å². The maximum absolute atomic E-state index is 6.48. The number of nitrogens with zero attached hydrogens (tertiary/aromatic N) is 1. The van der Waals surface area contributed by atoms with Gasteiger partial charge in [0.2, 0.25) is 0 Å². The Kier molecular flexibility index (Phi) is 8.53. The number of hydrogen-bond donors (Lipinski definition) is 0. The number of anilines is 3. The van der Waals surface area contributed by atoms with Gasteiger partial charge in [0.05, 0.1) is 0 Å². The number of fused-ring (bicyclic) bond motifs is 7. The van der Waals surface area contributed by atoms with Crippen molar-refractivity contribution in [2.75, 3.05) is 4.90 Å². The first-order valence-electron chi connectivity index (χ1n) is 21.3. The molecule has 0 bridgehead atoms. The predicted molar refractivity (Wildman–Crippen MR) is 263 cm³/mol. The summed E-state index contributed by atoms with van der Waals surface area (Å²) in [5.41, 5.74) is 14.5. The largest absolute Gasteiger partial charge is 0.455 e. The molecule has 0 amide bonds. The van der Waals surface area contributed by atoms with Crippen LogP contribution in [0.5, 0.6) is 0 Å². The fourth-order valence-electron chi connectivity index (χ4n) is 9.61. The minimum Gasteiger partial charge on any atom is -0.455 e. The molecule has 12 rings (SSSR count). The second kappa shape index (κ2) is 14.8. The Morgan fingerprint density at radius 1 is 0.274 bits per heavy atom. The summed E-state index contributed by atoms with van der Waals surface area (Å²) < 4.78 is 6.48. The molecule has 0 saturated carbocycles. The molecule has 0 fully saturated rings. The van der Waals surface area contributed by atoms with Crippen LogP contribution in [-0.2, 0) is 0 Å². The molecule has 0 N–H and O–H groups in total. The van der Waals surface area contributed by atoms with Crippen molar-refractivity contribution in [2.24, 2.45) is 0 Å². The highest BCUT2D eigenvalue weighted by Crippen LogP contribution is 2.47. The van der Waals surface area contributed by atoms with Crippen LogP contribution in [0, 0.1) is 0 Å². The normalized spacial score (nSPS) is 11.5. The molecule has 2 heteroatoms. The molecule has 0 aliphatic heterocycles. The van der Waals surface area contributed by atoms with Crippen LogP contribution in [0.15, 0.2) is 241 Å². The molecule has 0 spiro atoms. The Morgan fingerprint density at radius 3 is 1.47 bits per heavy atom. The fraction of sp³-hybridized carbons (Fsp3) is 0. The lowest BCUT2D eigenvalue weighted by atomic mass is 9.85. The van der Waals surface area contributed by atoms with E-state index in [1.54, 1.807) is 0 Å². The molecule has 0 atom stereocenters. The van der Waals surface area contributed by atoms with Gasteiger partial charge in [-0.2, -0.15) is 0 Å². The van der Waals surface area contributed by atoms with Crippen molar-refractivity contribution in [2.45, 2.75) is 0 Å². The summed E-state index contributed by atoms with van der Waals surface area (Å²) in [5.74, 6) is 0. The predicted octanol–water partition coefficient (Wildman–Crippen LogP) is 17.2. The lowest BCUT2D eigenvalue weighted by Crippen LogP contribution is -2.10. The average Bonchev–Trinajstić information content (AvgIpc) is 3.74. The smallest absolute Gasteiger partial charge is 0.143 e. The maximum atomic E-state index is 6.48. The SMILES string of the molecule is c1ccc(-c2c(-c3ccccc3)c3cc(N(c4ccc(-c5cccc6ccccc56)cc4)c4ccc(-c5cccc6c5oc5ccccc56)cc4)ccc3c3ccccc23)cc1. The van der Waals surface area contributed by atoms with Crippen LogP contribution in [0.25, 0.3) is 98.8 Å². The van der Waals surface area contributed by atoms with Crippen LogP contribution < -0.4 is 4.90 Å². The highest BCUT2D eigenvalue weighted by molar-refractivity contribution is 6.22. The van der Waals surface area contributed by atoms with Gasteiger partial charge in [0.25, 0.3) is 0 Å². The van der Waals surface area contributed by atoms with Crippen molar-refractivity contribution in [1.29, 1.82) is 0 Å². The van der Waals surface area contributed by atoms with E-state index in [0.717, 1.165) is 50.1 Å². The highest BCUT2D eigenvalue weighted by Gasteiger charge is 2.21. The van der Waals surface area contributed by atoms with E-state index in [9.17, 15) is 0 Å². The second-order valence-electron chi connectivity index (χ2n) is 16.0. The summed E-state index contributed by atoms with van der Waals surface area (Å²) >= 11 is 0. The monoisotopic (exact) mass is 789 g/mol. The molecular formula is C60H39NO. The van der Waals surface area contributed by atoms with E-state index in [2.05, 4.69) is 229 Å². The molecule has 1 aromatic heterocycles. The van der Waals surface area contributed by atoms with Gasteiger partial charge >= 0.3 is 0 Å². The summed E-state index contributed by atoms with van der Waals surface area (Å²) in [6, 6.07) is 85.5.